The van der Waals surface area contributed by atoms with Crippen LogP contribution in [0.3, 0.4) is 0 Å². The van der Waals surface area contributed by atoms with Gasteiger partial charge in [-0.2, -0.15) is 0 Å². The molecule has 0 aliphatic carbocycles. The molecule has 0 aliphatic rings. The largest absolute Gasteiger partial charge is 0.464 e. The minimum atomic E-state index is -3.57. The van der Waals surface area contributed by atoms with Gasteiger partial charge in [-0.1, -0.05) is 24.3 Å². The van der Waals surface area contributed by atoms with Crippen molar-refractivity contribution in [1.29, 1.82) is 0 Å². The molecule has 0 rings (SSSR count). The van der Waals surface area contributed by atoms with Gasteiger partial charge < -0.3 is 4.74 Å². The molecule has 0 spiro atoms. The highest BCUT2D eigenvalue weighted by Gasteiger charge is 2.32. The maximum absolute atomic E-state index is 12.4. The van der Waals surface area contributed by atoms with E-state index in [1.165, 1.54) is 6.92 Å². The first kappa shape index (κ1) is 20.4. The number of ether oxygens (including phenoxy) is 1. The van der Waals surface area contributed by atoms with Gasteiger partial charge in [-0.3, -0.25) is 4.31 Å². The molecule has 0 aromatic rings. The van der Waals surface area contributed by atoms with Crippen LogP contribution in [-0.4, -0.2) is 37.1 Å². The number of carbonyl (C=O) groups is 1. The molecule has 1 unspecified atom stereocenters. The van der Waals surface area contributed by atoms with Gasteiger partial charge >= 0.3 is 5.97 Å². The lowest BCUT2D eigenvalue weighted by Gasteiger charge is -2.30. The molecule has 0 radical (unpaired) electrons. The summed E-state index contributed by atoms with van der Waals surface area (Å²) in [6.07, 6.45) is 7.36. The zero-order valence-electron chi connectivity index (χ0n) is 14.3. The van der Waals surface area contributed by atoms with E-state index in [1.54, 1.807) is 20.8 Å². The van der Waals surface area contributed by atoms with E-state index in [4.69, 9.17) is 4.74 Å². The fraction of sp³-hybridized carbons (Fsp3) is 0.562. The lowest BCUT2D eigenvalue weighted by atomic mass is 10.2. The van der Waals surface area contributed by atoms with Crippen molar-refractivity contribution >= 4 is 16.0 Å². The molecule has 22 heavy (non-hydrogen) atoms. The van der Waals surface area contributed by atoms with Gasteiger partial charge in [0.25, 0.3) is 0 Å². The number of esters is 1. The number of carbonyl (C=O) groups excluding carboxylic acids is 1. The minimum absolute atomic E-state index is 0.0834. The van der Waals surface area contributed by atoms with E-state index in [-0.39, 0.29) is 12.4 Å². The summed E-state index contributed by atoms with van der Waals surface area (Å²) < 4.78 is 30.9. The van der Waals surface area contributed by atoms with Crippen molar-refractivity contribution in [3.63, 3.8) is 0 Å². The molecule has 0 saturated heterocycles. The Kier molecular flexibility index (Phi) is 8.79. The van der Waals surface area contributed by atoms with Crippen molar-refractivity contribution in [2.45, 2.75) is 47.6 Å². The molecule has 0 heterocycles. The highest BCUT2D eigenvalue weighted by molar-refractivity contribution is 7.89. The van der Waals surface area contributed by atoms with Crippen LogP contribution in [0.4, 0.5) is 0 Å². The normalized spacial score (nSPS) is 15.0. The SMILES string of the molecule is C/C=C/C=C\C(C)=C(/C)N(C(C)C(=O)OCC)S(=O)(=O)CC. The van der Waals surface area contributed by atoms with Gasteiger partial charge in [-0.15, -0.1) is 0 Å². The molecule has 0 aromatic carbocycles. The fourth-order valence-corrected chi connectivity index (χ4v) is 3.25. The van der Waals surface area contributed by atoms with E-state index in [9.17, 15) is 13.2 Å². The standard InChI is InChI=1S/C16H27NO4S/c1-7-10-11-12-13(4)14(5)17(22(19,20)9-3)15(6)16(18)21-8-2/h7,10-12,15H,8-9H2,1-6H3/b10-7+,12-11-,14-13+. The Bertz CT molecular complexity index is 559. The third-order valence-corrected chi connectivity index (χ3v) is 5.11. The summed E-state index contributed by atoms with van der Waals surface area (Å²) in [4.78, 5) is 12.0. The van der Waals surface area contributed by atoms with Gasteiger partial charge in [-0.25, -0.2) is 13.2 Å². The highest BCUT2D eigenvalue weighted by Crippen LogP contribution is 2.20. The van der Waals surface area contributed by atoms with Crippen LogP contribution in [0, 0.1) is 0 Å². The van der Waals surface area contributed by atoms with Gasteiger partial charge in [0.05, 0.1) is 12.4 Å². The average Bonchev–Trinajstić information content (AvgIpc) is 2.47. The summed E-state index contributed by atoms with van der Waals surface area (Å²) in [6, 6.07) is -0.894. The Morgan fingerprint density at radius 2 is 1.82 bits per heavy atom. The smallest absolute Gasteiger partial charge is 0.329 e. The van der Waals surface area contributed by atoms with Crippen LogP contribution in [0.5, 0.6) is 0 Å². The summed E-state index contributed by atoms with van der Waals surface area (Å²) in [7, 11) is -3.57. The molecular formula is C16H27NO4S. The number of sulfonamides is 1. The molecule has 0 fully saturated rings. The zero-order valence-corrected chi connectivity index (χ0v) is 15.1. The van der Waals surface area contributed by atoms with Crippen LogP contribution in [0.2, 0.25) is 0 Å². The van der Waals surface area contributed by atoms with Gasteiger partial charge in [-0.05, 0) is 47.1 Å². The summed E-state index contributed by atoms with van der Waals surface area (Å²) in [6.45, 7) is 10.4. The Hall–Kier alpha value is -1.56. The monoisotopic (exact) mass is 329 g/mol. The van der Waals surface area contributed by atoms with Gasteiger partial charge in [0.1, 0.15) is 6.04 Å². The average molecular weight is 329 g/mol. The lowest BCUT2D eigenvalue weighted by Crippen LogP contribution is -2.43. The summed E-state index contributed by atoms with van der Waals surface area (Å²) in [5.74, 6) is -0.635. The second kappa shape index (κ2) is 9.46. The third-order valence-electron chi connectivity index (χ3n) is 3.20. The summed E-state index contributed by atoms with van der Waals surface area (Å²) in [5, 5.41) is 0. The molecule has 6 heteroatoms. The van der Waals surface area contributed by atoms with E-state index in [0.717, 1.165) is 9.88 Å². The molecule has 5 nitrogen and oxygen atoms in total. The van der Waals surface area contributed by atoms with E-state index >= 15 is 0 Å². The topological polar surface area (TPSA) is 63.7 Å². The molecule has 0 bridgehead atoms. The second-order valence-electron chi connectivity index (χ2n) is 4.78. The van der Waals surface area contributed by atoms with Crippen LogP contribution < -0.4 is 0 Å². The van der Waals surface area contributed by atoms with E-state index in [0.29, 0.717) is 5.70 Å². The van der Waals surface area contributed by atoms with Crippen LogP contribution in [-0.2, 0) is 19.6 Å². The van der Waals surface area contributed by atoms with Crippen molar-refractivity contribution in [3.8, 4) is 0 Å². The second-order valence-corrected chi connectivity index (χ2v) is 6.91. The van der Waals surface area contributed by atoms with Crippen molar-refractivity contribution in [2.24, 2.45) is 0 Å². The Morgan fingerprint density at radius 3 is 2.27 bits per heavy atom. The van der Waals surface area contributed by atoms with E-state index in [1.807, 2.05) is 38.2 Å². The van der Waals surface area contributed by atoms with Gasteiger partial charge in [0.15, 0.2) is 0 Å². The first-order chi connectivity index (χ1) is 10.2. The quantitative estimate of drug-likeness (QED) is 0.507. The van der Waals surface area contributed by atoms with E-state index < -0.39 is 22.0 Å². The summed E-state index contributed by atoms with van der Waals surface area (Å²) in [5.41, 5.74) is 1.29. The molecule has 0 saturated carbocycles. The number of rotatable bonds is 8. The van der Waals surface area contributed by atoms with E-state index in [2.05, 4.69) is 0 Å². The Morgan fingerprint density at radius 1 is 1.23 bits per heavy atom. The maximum Gasteiger partial charge on any atom is 0.329 e. The maximum atomic E-state index is 12.4. The molecule has 0 aromatic heterocycles. The zero-order chi connectivity index (χ0) is 17.3. The van der Waals surface area contributed by atoms with Crippen molar-refractivity contribution < 1.29 is 17.9 Å². The first-order valence-electron chi connectivity index (χ1n) is 7.38. The number of allylic oxidation sites excluding steroid dienone is 6. The predicted octanol–water partition coefficient (Wildman–Crippen LogP) is 3.02. The van der Waals surface area contributed by atoms with Crippen molar-refractivity contribution in [3.05, 3.63) is 35.6 Å². The summed E-state index contributed by atoms with van der Waals surface area (Å²) >= 11 is 0. The molecule has 126 valence electrons. The molecular weight excluding hydrogens is 302 g/mol. The predicted molar refractivity (Wildman–Crippen MR) is 89.7 cm³/mol. The van der Waals surface area contributed by atoms with Crippen LogP contribution in [0.1, 0.15) is 41.5 Å². The van der Waals surface area contributed by atoms with Gasteiger partial charge in [0.2, 0.25) is 10.0 Å². The Balaban J connectivity index is 5.79. The molecule has 0 aliphatic heterocycles. The molecule has 0 amide bonds. The Labute approximate surface area is 134 Å². The van der Waals surface area contributed by atoms with Gasteiger partial charge in [0, 0.05) is 5.70 Å². The molecule has 0 N–H and O–H groups in total. The minimum Gasteiger partial charge on any atom is -0.464 e. The number of nitrogens with zero attached hydrogens (tertiary/aromatic N) is 1. The highest BCUT2D eigenvalue weighted by atomic mass is 32.2. The first-order valence-corrected chi connectivity index (χ1v) is 8.99. The number of hydrogen-bond acceptors (Lipinski definition) is 4. The molecule has 1 atom stereocenters. The lowest BCUT2D eigenvalue weighted by molar-refractivity contribution is -0.146. The van der Waals surface area contributed by atoms with Crippen LogP contribution in [0.15, 0.2) is 35.6 Å². The third kappa shape index (κ3) is 5.67. The number of hydrogen-bond donors (Lipinski definition) is 0. The van der Waals surface area contributed by atoms with Crippen molar-refractivity contribution in [2.75, 3.05) is 12.4 Å². The fourth-order valence-electron chi connectivity index (χ4n) is 1.84. The van der Waals surface area contributed by atoms with Crippen LogP contribution >= 0.6 is 0 Å². The van der Waals surface area contributed by atoms with Crippen LogP contribution in [0.25, 0.3) is 0 Å². The van der Waals surface area contributed by atoms with Crippen molar-refractivity contribution in [1.82, 2.24) is 4.31 Å².